The summed E-state index contributed by atoms with van der Waals surface area (Å²) in [4.78, 5) is 20.5. The average Bonchev–Trinajstić information content (AvgIpc) is 2.67. The first-order chi connectivity index (χ1) is 13.3. The molecule has 0 saturated heterocycles. The van der Waals surface area contributed by atoms with Gasteiger partial charge in [0.2, 0.25) is 5.82 Å². The van der Waals surface area contributed by atoms with E-state index in [1.165, 1.54) is 12.3 Å². The summed E-state index contributed by atoms with van der Waals surface area (Å²) in [5.41, 5.74) is 2.81. The number of aliphatic hydroxyl groups excluding tert-OH is 1. The number of aromatic nitrogens is 2. The highest BCUT2D eigenvalue weighted by Gasteiger charge is 2.17. The lowest BCUT2D eigenvalue weighted by Crippen LogP contribution is -2.17. The van der Waals surface area contributed by atoms with Crippen molar-refractivity contribution in [3.05, 3.63) is 70.7 Å². The van der Waals surface area contributed by atoms with E-state index in [0.717, 1.165) is 22.8 Å². The monoisotopic (exact) mass is 385 g/mol. The van der Waals surface area contributed by atoms with E-state index in [2.05, 4.69) is 15.3 Å². The SMILES string of the molecule is Cc1cc(CO)cc(C)c1NC(=O)c1nccc(-c2cc(F)c(F)cc2O)n1. The third kappa shape index (κ3) is 3.81. The maximum Gasteiger partial charge on any atom is 0.293 e. The van der Waals surface area contributed by atoms with Crippen LogP contribution in [0.1, 0.15) is 27.3 Å². The van der Waals surface area contributed by atoms with Crippen LogP contribution in [-0.4, -0.2) is 26.1 Å². The Kier molecular flexibility index (Phi) is 5.32. The molecule has 3 aromatic rings. The van der Waals surface area contributed by atoms with E-state index in [9.17, 15) is 23.8 Å². The Balaban J connectivity index is 1.93. The quantitative estimate of drug-likeness (QED) is 0.639. The summed E-state index contributed by atoms with van der Waals surface area (Å²) in [6.07, 6.45) is 1.28. The number of anilines is 1. The summed E-state index contributed by atoms with van der Waals surface area (Å²) >= 11 is 0. The Labute approximate surface area is 159 Å². The first-order valence-electron chi connectivity index (χ1n) is 8.34. The Morgan fingerprint density at radius 2 is 1.75 bits per heavy atom. The Morgan fingerprint density at radius 1 is 1.11 bits per heavy atom. The molecule has 0 fully saturated rings. The van der Waals surface area contributed by atoms with Gasteiger partial charge in [0.1, 0.15) is 5.75 Å². The van der Waals surface area contributed by atoms with E-state index in [1.54, 1.807) is 26.0 Å². The maximum absolute atomic E-state index is 13.5. The van der Waals surface area contributed by atoms with Crippen molar-refractivity contribution in [3.8, 4) is 17.0 Å². The number of nitrogens with zero attached hydrogens (tertiary/aromatic N) is 2. The van der Waals surface area contributed by atoms with Crippen molar-refractivity contribution < 1.29 is 23.8 Å². The number of amides is 1. The Bertz CT molecular complexity index is 1050. The van der Waals surface area contributed by atoms with Crippen LogP contribution in [-0.2, 0) is 6.61 Å². The molecule has 0 spiro atoms. The highest BCUT2D eigenvalue weighted by molar-refractivity contribution is 6.02. The lowest BCUT2D eigenvalue weighted by Gasteiger charge is -2.13. The van der Waals surface area contributed by atoms with Crippen molar-refractivity contribution >= 4 is 11.6 Å². The predicted octanol–water partition coefficient (Wildman–Crippen LogP) is 3.49. The lowest BCUT2D eigenvalue weighted by atomic mass is 10.0. The number of aromatic hydroxyl groups is 1. The molecule has 0 unspecified atom stereocenters. The van der Waals surface area contributed by atoms with Crippen molar-refractivity contribution in [2.24, 2.45) is 0 Å². The van der Waals surface area contributed by atoms with Crippen molar-refractivity contribution in [1.29, 1.82) is 0 Å². The van der Waals surface area contributed by atoms with E-state index < -0.39 is 23.3 Å². The zero-order valence-electron chi connectivity index (χ0n) is 15.1. The molecule has 1 amide bonds. The molecule has 1 heterocycles. The number of halogens is 2. The molecule has 3 N–H and O–H groups in total. The molecular weight excluding hydrogens is 368 g/mol. The zero-order chi connectivity index (χ0) is 20.4. The molecule has 6 nitrogen and oxygen atoms in total. The number of hydrogen-bond acceptors (Lipinski definition) is 5. The molecule has 0 saturated carbocycles. The minimum atomic E-state index is -1.19. The minimum absolute atomic E-state index is 0.0602. The molecule has 0 atom stereocenters. The van der Waals surface area contributed by atoms with E-state index in [0.29, 0.717) is 11.8 Å². The molecule has 144 valence electrons. The highest BCUT2D eigenvalue weighted by atomic mass is 19.2. The van der Waals surface area contributed by atoms with Crippen LogP contribution in [0.25, 0.3) is 11.3 Å². The number of phenols is 1. The lowest BCUT2D eigenvalue weighted by molar-refractivity contribution is 0.101. The van der Waals surface area contributed by atoms with Crippen molar-refractivity contribution in [2.45, 2.75) is 20.5 Å². The Hall–Kier alpha value is -3.39. The molecule has 8 heteroatoms. The van der Waals surface area contributed by atoms with Crippen LogP contribution in [0.5, 0.6) is 5.75 Å². The summed E-state index contributed by atoms with van der Waals surface area (Å²) in [6, 6.07) is 6.31. The molecule has 0 bridgehead atoms. The number of aliphatic hydroxyl groups is 1. The second kappa shape index (κ2) is 7.69. The predicted molar refractivity (Wildman–Crippen MR) is 98.8 cm³/mol. The first kappa shape index (κ1) is 19.4. The number of carbonyl (C=O) groups excluding carboxylic acids is 1. The summed E-state index contributed by atoms with van der Waals surface area (Å²) < 4.78 is 26.7. The molecule has 1 aromatic heterocycles. The van der Waals surface area contributed by atoms with Crippen molar-refractivity contribution in [1.82, 2.24) is 9.97 Å². The van der Waals surface area contributed by atoms with Crippen LogP contribution < -0.4 is 5.32 Å². The van der Waals surface area contributed by atoms with E-state index in [-0.39, 0.29) is 23.7 Å². The van der Waals surface area contributed by atoms with Gasteiger partial charge in [0.15, 0.2) is 11.6 Å². The topological polar surface area (TPSA) is 95.3 Å². The zero-order valence-corrected chi connectivity index (χ0v) is 15.1. The molecule has 2 aromatic carbocycles. The third-order valence-corrected chi connectivity index (χ3v) is 4.19. The normalized spacial score (nSPS) is 10.8. The van der Waals surface area contributed by atoms with Gasteiger partial charge in [-0.15, -0.1) is 0 Å². The summed E-state index contributed by atoms with van der Waals surface area (Å²) in [7, 11) is 0. The summed E-state index contributed by atoms with van der Waals surface area (Å²) in [5.74, 6) is -3.65. The molecule has 0 aliphatic rings. The number of nitrogens with one attached hydrogen (secondary N) is 1. The van der Waals surface area contributed by atoms with Gasteiger partial charge in [0.25, 0.3) is 5.91 Å². The van der Waals surface area contributed by atoms with Gasteiger partial charge in [-0.1, -0.05) is 12.1 Å². The van der Waals surface area contributed by atoms with E-state index in [4.69, 9.17) is 0 Å². The van der Waals surface area contributed by atoms with Crippen LogP contribution in [0.15, 0.2) is 36.5 Å². The molecule has 0 radical (unpaired) electrons. The maximum atomic E-state index is 13.5. The van der Waals surface area contributed by atoms with Gasteiger partial charge in [-0.25, -0.2) is 18.7 Å². The standard InChI is InChI=1S/C20H17F2N3O3/c1-10-5-12(9-26)6-11(2)18(10)25-20(28)19-23-4-3-16(24-19)13-7-14(21)15(22)8-17(13)27/h3-8,26-27H,9H2,1-2H3,(H,25,28). The number of carbonyl (C=O) groups is 1. The summed E-state index contributed by atoms with van der Waals surface area (Å²) in [6.45, 7) is 3.47. The highest BCUT2D eigenvalue weighted by Crippen LogP contribution is 2.30. The van der Waals surface area contributed by atoms with Gasteiger partial charge in [-0.05, 0) is 42.7 Å². The molecule has 0 aliphatic heterocycles. The van der Waals surface area contributed by atoms with Gasteiger partial charge in [0, 0.05) is 23.5 Å². The van der Waals surface area contributed by atoms with Crippen molar-refractivity contribution in [2.75, 3.05) is 5.32 Å². The first-order valence-corrected chi connectivity index (χ1v) is 8.34. The number of phenolic OH excluding ortho intramolecular Hbond substituents is 1. The van der Waals surface area contributed by atoms with Crippen LogP contribution >= 0.6 is 0 Å². The fraction of sp³-hybridized carbons (Fsp3) is 0.150. The second-order valence-corrected chi connectivity index (χ2v) is 6.27. The number of benzene rings is 2. The largest absolute Gasteiger partial charge is 0.507 e. The van der Waals surface area contributed by atoms with Gasteiger partial charge in [-0.2, -0.15) is 0 Å². The van der Waals surface area contributed by atoms with Crippen LogP contribution in [0.4, 0.5) is 14.5 Å². The van der Waals surface area contributed by atoms with Gasteiger partial charge in [-0.3, -0.25) is 4.79 Å². The third-order valence-electron chi connectivity index (χ3n) is 4.19. The minimum Gasteiger partial charge on any atom is -0.507 e. The van der Waals surface area contributed by atoms with Crippen LogP contribution in [0.3, 0.4) is 0 Å². The van der Waals surface area contributed by atoms with Gasteiger partial charge >= 0.3 is 0 Å². The molecular formula is C20H17F2N3O3. The van der Waals surface area contributed by atoms with Crippen LogP contribution in [0.2, 0.25) is 0 Å². The van der Waals surface area contributed by atoms with E-state index >= 15 is 0 Å². The van der Waals surface area contributed by atoms with Crippen LogP contribution in [0, 0.1) is 25.5 Å². The van der Waals surface area contributed by atoms with Gasteiger partial charge in [0.05, 0.1) is 12.3 Å². The smallest absolute Gasteiger partial charge is 0.293 e. The number of rotatable bonds is 4. The Morgan fingerprint density at radius 3 is 2.39 bits per heavy atom. The van der Waals surface area contributed by atoms with E-state index in [1.807, 2.05) is 0 Å². The average molecular weight is 385 g/mol. The summed E-state index contributed by atoms with van der Waals surface area (Å²) in [5, 5.41) is 21.8. The molecule has 0 aliphatic carbocycles. The second-order valence-electron chi connectivity index (χ2n) is 6.27. The van der Waals surface area contributed by atoms with Gasteiger partial charge < -0.3 is 15.5 Å². The molecule has 28 heavy (non-hydrogen) atoms. The fourth-order valence-electron chi connectivity index (χ4n) is 2.87. The molecule has 3 rings (SSSR count). The van der Waals surface area contributed by atoms with Crippen molar-refractivity contribution in [3.63, 3.8) is 0 Å². The number of hydrogen-bond donors (Lipinski definition) is 3. The fourth-order valence-corrected chi connectivity index (χ4v) is 2.87. The number of aryl methyl sites for hydroxylation is 2.